The van der Waals surface area contributed by atoms with Crippen LogP contribution in [0.1, 0.15) is 11.1 Å². The Kier molecular flexibility index (Phi) is 4.62. The van der Waals surface area contributed by atoms with Gasteiger partial charge in [0.1, 0.15) is 0 Å². The van der Waals surface area contributed by atoms with Crippen LogP contribution in [0.25, 0.3) is 0 Å². The number of hydrogen-bond donors (Lipinski definition) is 1. The molecule has 18 heavy (non-hydrogen) atoms. The Hall–Kier alpha value is -1.51. The normalized spacial score (nSPS) is 10.3. The summed E-state index contributed by atoms with van der Waals surface area (Å²) in [5.41, 5.74) is 3.46. The molecule has 1 N–H and O–H groups in total. The van der Waals surface area contributed by atoms with E-state index >= 15 is 0 Å². The molecule has 0 saturated carbocycles. The zero-order chi connectivity index (χ0) is 12.8. The van der Waals surface area contributed by atoms with Gasteiger partial charge in [-0.1, -0.05) is 41.9 Å². The monoisotopic (exact) mass is 261 g/mol. The van der Waals surface area contributed by atoms with Gasteiger partial charge >= 0.3 is 0 Å². The summed E-state index contributed by atoms with van der Waals surface area (Å²) in [5.74, 6) is 0. The first-order valence-electron chi connectivity index (χ1n) is 5.85. The van der Waals surface area contributed by atoms with Crippen LogP contribution in [0.5, 0.6) is 0 Å². The molecule has 2 rings (SSSR count). The molecule has 0 aliphatic rings. The van der Waals surface area contributed by atoms with Crippen LogP contribution in [0.3, 0.4) is 0 Å². The second-order valence-electron chi connectivity index (χ2n) is 4.07. The Labute approximate surface area is 113 Å². The van der Waals surface area contributed by atoms with E-state index in [0.717, 1.165) is 17.3 Å². The maximum atomic E-state index is 5.95. The lowest BCUT2D eigenvalue weighted by Crippen LogP contribution is -2.03. The van der Waals surface area contributed by atoms with Crippen LogP contribution in [0.4, 0.5) is 5.69 Å². The lowest BCUT2D eigenvalue weighted by Gasteiger charge is -2.11. The van der Waals surface area contributed by atoms with Gasteiger partial charge in [-0.25, -0.2) is 0 Å². The number of halogens is 1. The van der Waals surface area contributed by atoms with Crippen molar-refractivity contribution in [1.29, 1.82) is 0 Å². The molecule has 3 heteroatoms. The highest BCUT2D eigenvalue weighted by Crippen LogP contribution is 2.17. The lowest BCUT2D eigenvalue weighted by atomic mass is 10.1. The average molecular weight is 262 g/mol. The van der Waals surface area contributed by atoms with Gasteiger partial charge < -0.3 is 10.1 Å². The van der Waals surface area contributed by atoms with Crippen molar-refractivity contribution in [3.8, 4) is 0 Å². The van der Waals surface area contributed by atoms with E-state index in [1.54, 1.807) is 7.11 Å². The van der Waals surface area contributed by atoms with Crippen LogP contribution in [0.2, 0.25) is 5.02 Å². The van der Waals surface area contributed by atoms with E-state index in [1.165, 1.54) is 11.1 Å². The molecule has 0 fully saturated rings. The molecule has 0 heterocycles. The highest BCUT2D eigenvalue weighted by Gasteiger charge is 2.01. The molecular weight excluding hydrogens is 246 g/mol. The second-order valence-corrected chi connectivity index (χ2v) is 4.50. The summed E-state index contributed by atoms with van der Waals surface area (Å²) in [6, 6.07) is 16.0. The molecule has 0 amide bonds. The van der Waals surface area contributed by atoms with Crippen molar-refractivity contribution >= 4 is 17.3 Å². The topological polar surface area (TPSA) is 21.3 Å². The first kappa shape index (κ1) is 12.9. The maximum Gasteiger partial charge on any atom is 0.0716 e. The molecule has 0 aliphatic heterocycles. The Balaban J connectivity index is 2.06. The number of rotatable bonds is 5. The summed E-state index contributed by atoms with van der Waals surface area (Å²) >= 11 is 5.95. The Morgan fingerprint density at radius 3 is 2.56 bits per heavy atom. The van der Waals surface area contributed by atoms with E-state index in [0.29, 0.717) is 6.61 Å². The second kappa shape index (κ2) is 6.43. The fraction of sp³-hybridized carbons (Fsp3) is 0.200. The summed E-state index contributed by atoms with van der Waals surface area (Å²) in [6.45, 7) is 1.40. The number of benzene rings is 2. The number of methoxy groups -OCH3 is 1. The van der Waals surface area contributed by atoms with Crippen molar-refractivity contribution in [1.82, 2.24) is 0 Å². The fourth-order valence-electron chi connectivity index (χ4n) is 1.82. The van der Waals surface area contributed by atoms with Crippen LogP contribution in [-0.4, -0.2) is 7.11 Å². The maximum absolute atomic E-state index is 5.95. The molecule has 2 aromatic rings. The Morgan fingerprint density at radius 1 is 1.06 bits per heavy atom. The third kappa shape index (κ3) is 3.49. The van der Waals surface area contributed by atoms with Gasteiger partial charge in [0.15, 0.2) is 0 Å². The van der Waals surface area contributed by atoms with E-state index in [2.05, 4.69) is 17.4 Å². The van der Waals surface area contributed by atoms with Crippen LogP contribution in [0, 0.1) is 0 Å². The van der Waals surface area contributed by atoms with Crippen molar-refractivity contribution in [3.05, 3.63) is 64.7 Å². The van der Waals surface area contributed by atoms with Crippen LogP contribution in [0.15, 0.2) is 48.5 Å². The van der Waals surface area contributed by atoms with Gasteiger partial charge in [0.2, 0.25) is 0 Å². The number of nitrogens with one attached hydrogen (secondary N) is 1. The van der Waals surface area contributed by atoms with E-state index in [4.69, 9.17) is 16.3 Å². The van der Waals surface area contributed by atoms with Crippen molar-refractivity contribution in [2.45, 2.75) is 13.2 Å². The number of anilines is 1. The standard InChI is InChI=1S/C15H16ClNO/c1-18-11-13-6-3-2-5-12(13)10-17-15-8-4-7-14(16)9-15/h2-9,17H,10-11H2,1H3. The number of hydrogen-bond acceptors (Lipinski definition) is 2. The van der Waals surface area contributed by atoms with Crippen molar-refractivity contribution in [2.24, 2.45) is 0 Å². The molecule has 2 aromatic carbocycles. The molecule has 0 unspecified atom stereocenters. The molecule has 2 nitrogen and oxygen atoms in total. The van der Waals surface area contributed by atoms with E-state index in [-0.39, 0.29) is 0 Å². The summed E-state index contributed by atoms with van der Waals surface area (Å²) < 4.78 is 5.19. The van der Waals surface area contributed by atoms with Gasteiger partial charge in [0.05, 0.1) is 6.61 Å². The zero-order valence-corrected chi connectivity index (χ0v) is 11.1. The Morgan fingerprint density at radius 2 is 1.83 bits per heavy atom. The zero-order valence-electron chi connectivity index (χ0n) is 10.3. The molecule has 0 aliphatic carbocycles. The average Bonchev–Trinajstić information content (AvgIpc) is 2.38. The minimum absolute atomic E-state index is 0.632. The minimum atomic E-state index is 0.632. The van der Waals surface area contributed by atoms with Crippen molar-refractivity contribution < 1.29 is 4.74 Å². The molecule has 0 spiro atoms. The van der Waals surface area contributed by atoms with Gasteiger partial charge in [0.25, 0.3) is 0 Å². The minimum Gasteiger partial charge on any atom is -0.381 e. The molecule has 0 radical (unpaired) electrons. The first-order valence-corrected chi connectivity index (χ1v) is 6.22. The van der Waals surface area contributed by atoms with Crippen LogP contribution < -0.4 is 5.32 Å². The van der Waals surface area contributed by atoms with Crippen molar-refractivity contribution in [2.75, 3.05) is 12.4 Å². The smallest absolute Gasteiger partial charge is 0.0716 e. The van der Waals surface area contributed by atoms with Gasteiger partial charge in [-0.05, 0) is 29.3 Å². The van der Waals surface area contributed by atoms with Crippen LogP contribution >= 0.6 is 11.6 Å². The lowest BCUT2D eigenvalue weighted by molar-refractivity contribution is 0.184. The molecule has 0 saturated heterocycles. The third-order valence-electron chi connectivity index (χ3n) is 2.73. The van der Waals surface area contributed by atoms with E-state index in [9.17, 15) is 0 Å². The largest absolute Gasteiger partial charge is 0.381 e. The van der Waals surface area contributed by atoms with Crippen molar-refractivity contribution in [3.63, 3.8) is 0 Å². The van der Waals surface area contributed by atoms with Gasteiger partial charge in [-0.15, -0.1) is 0 Å². The highest BCUT2D eigenvalue weighted by molar-refractivity contribution is 6.30. The highest BCUT2D eigenvalue weighted by atomic mass is 35.5. The van der Waals surface area contributed by atoms with Crippen LogP contribution in [-0.2, 0) is 17.9 Å². The fourth-order valence-corrected chi connectivity index (χ4v) is 2.01. The molecule has 0 bridgehead atoms. The quantitative estimate of drug-likeness (QED) is 0.875. The molecule has 94 valence electrons. The first-order chi connectivity index (χ1) is 8.79. The van der Waals surface area contributed by atoms with Gasteiger partial charge in [-0.2, -0.15) is 0 Å². The molecule has 0 atom stereocenters. The molecule has 0 aromatic heterocycles. The summed E-state index contributed by atoms with van der Waals surface area (Å²) in [7, 11) is 1.71. The van der Waals surface area contributed by atoms with Gasteiger partial charge in [-0.3, -0.25) is 0 Å². The Bertz CT molecular complexity index is 513. The summed E-state index contributed by atoms with van der Waals surface area (Å²) in [5, 5.41) is 4.10. The predicted molar refractivity (Wildman–Crippen MR) is 75.9 cm³/mol. The van der Waals surface area contributed by atoms with E-state index in [1.807, 2.05) is 36.4 Å². The number of ether oxygens (including phenoxy) is 1. The summed E-state index contributed by atoms with van der Waals surface area (Å²) in [4.78, 5) is 0. The SMILES string of the molecule is COCc1ccccc1CNc1cccc(Cl)c1. The van der Waals surface area contributed by atoms with E-state index < -0.39 is 0 Å². The molecular formula is C15H16ClNO. The third-order valence-corrected chi connectivity index (χ3v) is 2.96. The van der Waals surface area contributed by atoms with Gasteiger partial charge in [0, 0.05) is 24.4 Å². The summed E-state index contributed by atoms with van der Waals surface area (Å²) in [6.07, 6.45) is 0. The predicted octanol–water partition coefficient (Wildman–Crippen LogP) is 4.10.